The number of alkyl carbamates (subject to hydrolysis) is 2. The van der Waals surface area contributed by atoms with E-state index in [-0.39, 0.29) is 89.7 Å². The highest BCUT2D eigenvalue weighted by Crippen LogP contribution is 2.35. The summed E-state index contributed by atoms with van der Waals surface area (Å²) in [7, 11) is 2.58. The molecule has 2 fully saturated rings. The topological polar surface area (TPSA) is 175 Å². The number of likely N-dealkylation sites (tertiary alicyclic amines) is 2. The van der Waals surface area contributed by atoms with Crippen LogP contribution in [0.2, 0.25) is 0 Å². The molecule has 0 spiro atoms. The Morgan fingerprint density at radius 3 is 1.53 bits per heavy atom. The van der Waals surface area contributed by atoms with E-state index in [4.69, 9.17) is 14.5 Å². The number of hydrogen-bond donors (Lipinski definition) is 4. The molecule has 4 amide bonds. The number of hydrogen-bond acceptors (Lipinski definition) is 8. The zero-order chi connectivity index (χ0) is 41.1. The Morgan fingerprint density at radius 2 is 1.06 bits per heavy atom. The third kappa shape index (κ3) is 11.0. The van der Waals surface area contributed by atoms with Crippen LogP contribution >= 0.6 is 54.0 Å². The van der Waals surface area contributed by atoms with Crippen LogP contribution in [0.25, 0.3) is 44.5 Å². The van der Waals surface area contributed by atoms with Crippen LogP contribution in [0.1, 0.15) is 77.1 Å². The average molecular weight is 925 g/mol. The van der Waals surface area contributed by atoms with Crippen LogP contribution in [-0.4, -0.2) is 93.1 Å². The lowest BCUT2D eigenvalue weighted by Gasteiger charge is -2.30. The predicted molar refractivity (Wildman–Crippen MR) is 262 cm³/mol. The first-order valence-electron chi connectivity index (χ1n) is 20.0. The van der Waals surface area contributed by atoms with Gasteiger partial charge in [-0.2, -0.15) is 54.0 Å². The molecule has 2 aromatic heterocycles. The third-order valence-corrected chi connectivity index (χ3v) is 11.3. The minimum absolute atomic E-state index is 0. The van der Waals surface area contributed by atoms with Gasteiger partial charge < -0.3 is 39.9 Å². The van der Waals surface area contributed by atoms with Gasteiger partial charge in [0.1, 0.15) is 23.7 Å². The SMILES string of the molecule is COC(=O)N[C@H](C(=O)N1CCC[C@H]1c1ncc(-c2ccc(-c3ccc(-c4ccc5nc([C@@H]6CCCN6C(=O)[C@@H](NC(=O)OC)C(C)C)[nH]c5c4)cc3)cc2)[nH]1)C(C)C.S.S.S.S. The van der Waals surface area contributed by atoms with Gasteiger partial charge >= 0.3 is 12.2 Å². The van der Waals surface area contributed by atoms with Gasteiger partial charge in [0.25, 0.3) is 0 Å². The van der Waals surface area contributed by atoms with E-state index in [0.717, 1.165) is 81.9 Å². The highest BCUT2D eigenvalue weighted by molar-refractivity contribution is 7.59. The molecule has 18 heteroatoms. The number of benzene rings is 3. The van der Waals surface area contributed by atoms with Crippen molar-refractivity contribution in [1.82, 2.24) is 40.4 Å². The smallest absolute Gasteiger partial charge is 0.407 e. The van der Waals surface area contributed by atoms with E-state index in [0.29, 0.717) is 13.1 Å². The largest absolute Gasteiger partial charge is 0.453 e. The number of ether oxygens (including phenoxy) is 2. The first kappa shape index (κ1) is 51.6. The van der Waals surface area contributed by atoms with Crippen molar-refractivity contribution in [3.05, 3.63) is 84.6 Å². The van der Waals surface area contributed by atoms with E-state index in [9.17, 15) is 19.2 Å². The van der Waals surface area contributed by atoms with Gasteiger partial charge in [0.2, 0.25) is 11.8 Å². The third-order valence-electron chi connectivity index (χ3n) is 11.3. The molecule has 2 saturated heterocycles. The van der Waals surface area contributed by atoms with E-state index in [2.05, 4.69) is 86.2 Å². The fourth-order valence-corrected chi connectivity index (χ4v) is 8.10. The van der Waals surface area contributed by atoms with Gasteiger partial charge in [0.15, 0.2) is 0 Å². The number of fused-ring (bicyclic) bond motifs is 1. The summed E-state index contributed by atoms with van der Waals surface area (Å²) in [6.07, 6.45) is 3.83. The lowest BCUT2D eigenvalue weighted by atomic mass is 9.99. The van der Waals surface area contributed by atoms with Crippen molar-refractivity contribution in [1.29, 1.82) is 0 Å². The Hall–Kier alpha value is -4.78. The van der Waals surface area contributed by atoms with E-state index in [1.807, 2.05) is 49.8 Å². The Bertz CT molecular complexity index is 2280. The second kappa shape index (κ2) is 22.5. The van der Waals surface area contributed by atoms with Gasteiger partial charge in [-0.3, -0.25) is 9.59 Å². The number of carbonyl (C=O) groups is 4. The van der Waals surface area contributed by atoms with E-state index in [1.54, 1.807) is 0 Å². The van der Waals surface area contributed by atoms with Crippen molar-refractivity contribution in [2.24, 2.45) is 11.8 Å². The van der Waals surface area contributed by atoms with Gasteiger partial charge in [-0.15, -0.1) is 0 Å². The molecule has 2 aliphatic heterocycles. The maximum Gasteiger partial charge on any atom is 0.407 e. The van der Waals surface area contributed by atoms with Gasteiger partial charge in [-0.1, -0.05) is 82.3 Å². The van der Waals surface area contributed by atoms with E-state index < -0.39 is 24.3 Å². The fraction of sp³-hybridized carbons (Fsp3) is 0.409. The minimum Gasteiger partial charge on any atom is -0.453 e. The maximum atomic E-state index is 13.6. The first-order chi connectivity index (χ1) is 27.9. The minimum atomic E-state index is -0.689. The molecule has 0 radical (unpaired) electrons. The molecule has 2 aliphatic rings. The van der Waals surface area contributed by atoms with Crippen LogP contribution in [0.15, 0.2) is 72.9 Å². The van der Waals surface area contributed by atoms with Crippen molar-refractivity contribution in [3.63, 3.8) is 0 Å². The molecular weight excluding hydrogens is 865 g/mol. The van der Waals surface area contributed by atoms with Crippen molar-refractivity contribution in [2.45, 2.75) is 77.5 Å². The van der Waals surface area contributed by atoms with Gasteiger partial charge in [-0.05, 0) is 77.5 Å². The highest BCUT2D eigenvalue weighted by Gasteiger charge is 2.39. The molecule has 4 N–H and O–H groups in total. The number of aromatic nitrogens is 4. The van der Waals surface area contributed by atoms with Gasteiger partial charge in [-0.25, -0.2) is 19.6 Å². The summed E-state index contributed by atoms with van der Waals surface area (Å²) in [4.78, 5) is 71.2. The molecule has 4 atom stereocenters. The highest BCUT2D eigenvalue weighted by atomic mass is 32.1. The Morgan fingerprint density at radius 1 is 0.629 bits per heavy atom. The number of carbonyl (C=O) groups excluding carboxylic acids is 4. The molecule has 4 heterocycles. The molecule has 7 rings (SSSR count). The number of imidazole rings is 2. The van der Waals surface area contributed by atoms with E-state index in [1.165, 1.54) is 14.2 Å². The molecule has 14 nitrogen and oxygen atoms in total. The fourth-order valence-electron chi connectivity index (χ4n) is 8.10. The molecule has 0 bridgehead atoms. The average Bonchev–Trinajstić information content (AvgIpc) is 4.07. The monoisotopic (exact) mass is 924 g/mol. The number of methoxy groups -OCH3 is 2. The van der Waals surface area contributed by atoms with Gasteiger partial charge in [0.05, 0.1) is 49.2 Å². The summed E-state index contributed by atoms with van der Waals surface area (Å²) < 4.78 is 9.53. The van der Waals surface area contributed by atoms with Crippen molar-refractivity contribution < 1.29 is 28.7 Å². The lowest BCUT2D eigenvalue weighted by Crippen LogP contribution is -2.51. The Labute approximate surface area is 390 Å². The summed E-state index contributed by atoms with van der Waals surface area (Å²) in [6.45, 7) is 8.81. The van der Waals surface area contributed by atoms with E-state index >= 15 is 0 Å². The van der Waals surface area contributed by atoms with Crippen LogP contribution in [0.4, 0.5) is 9.59 Å². The molecule has 0 unspecified atom stereocenters. The van der Waals surface area contributed by atoms with Crippen molar-refractivity contribution >= 4 is 89.0 Å². The number of nitrogens with one attached hydrogen (secondary N) is 4. The lowest BCUT2D eigenvalue weighted by molar-refractivity contribution is -0.136. The second-order valence-electron chi connectivity index (χ2n) is 15.8. The summed E-state index contributed by atoms with van der Waals surface area (Å²) >= 11 is 0. The number of nitrogens with zero attached hydrogens (tertiary/aromatic N) is 4. The molecule has 3 aromatic carbocycles. The zero-order valence-corrected chi connectivity index (χ0v) is 39.9. The first-order valence-corrected chi connectivity index (χ1v) is 20.0. The number of H-pyrrole nitrogens is 2. The number of amides is 4. The summed E-state index contributed by atoms with van der Waals surface area (Å²) in [5.74, 6) is 0.985. The summed E-state index contributed by atoms with van der Waals surface area (Å²) in [5.41, 5.74) is 7.84. The second-order valence-corrected chi connectivity index (χ2v) is 15.8. The van der Waals surface area contributed by atoms with Crippen molar-refractivity contribution in [2.75, 3.05) is 27.3 Å². The van der Waals surface area contributed by atoms with Gasteiger partial charge in [0, 0.05) is 13.1 Å². The predicted octanol–water partition coefficient (Wildman–Crippen LogP) is 7.83. The maximum absolute atomic E-state index is 13.6. The standard InChI is InChI=1S/C44H52N8O6.4H2S/c1-25(2)37(49-43(55)57-5)41(53)51-21-7-9-35(51)39-45-24-34(48-39)30-17-15-28(16-18-30)27-11-13-29(14-12-27)31-19-20-32-33(23-31)47-40(46-32)36-10-8-22-52(36)42(54)38(26(3)4)50-44(56)58-6;;;;/h11-20,23-26,35-38H,7-10,21-22H2,1-6H3,(H,45,48)(H,46,47)(H,49,55)(H,50,56);4*1H2/t35-,36-,37-,38-;;;;/m0..../s1. The Kier molecular flexibility index (Phi) is 18.7. The molecule has 336 valence electrons. The zero-order valence-electron chi connectivity index (χ0n) is 35.9. The van der Waals surface area contributed by atoms with Crippen LogP contribution in [0.5, 0.6) is 0 Å². The quantitative estimate of drug-likeness (QED) is 0.104. The number of aromatic amines is 2. The Balaban J connectivity index is 0.00000256. The normalized spacial score (nSPS) is 16.6. The van der Waals surface area contributed by atoms with Crippen molar-refractivity contribution in [3.8, 4) is 33.5 Å². The molecule has 0 saturated carbocycles. The number of rotatable bonds is 11. The van der Waals surface area contributed by atoms with Crippen LogP contribution in [-0.2, 0) is 19.1 Å². The van der Waals surface area contributed by atoms with Crippen LogP contribution in [0, 0.1) is 11.8 Å². The molecule has 5 aromatic rings. The van der Waals surface area contributed by atoms with Crippen LogP contribution < -0.4 is 10.6 Å². The molecule has 0 aliphatic carbocycles. The summed E-state index contributed by atoms with van der Waals surface area (Å²) in [6, 6.07) is 21.1. The van der Waals surface area contributed by atoms with Crippen LogP contribution in [0.3, 0.4) is 0 Å². The summed E-state index contributed by atoms with van der Waals surface area (Å²) in [5, 5.41) is 5.40. The molecular formula is C44H60N8O6S4. The molecule has 62 heavy (non-hydrogen) atoms.